The summed E-state index contributed by atoms with van der Waals surface area (Å²) in [6.07, 6.45) is -1.11. The van der Waals surface area contributed by atoms with Gasteiger partial charge in [-0.1, -0.05) is 49.4 Å². The Labute approximate surface area is 134 Å². The number of aryl methyl sites for hydroxylation is 1. The third-order valence-electron chi connectivity index (χ3n) is 5.35. The molecule has 5 rings (SSSR count). The van der Waals surface area contributed by atoms with Gasteiger partial charge in [-0.05, 0) is 44.7 Å². The van der Waals surface area contributed by atoms with Crippen molar-refractivity contribution in [3.8, 4) is 0 Å². The first-order chi connectivity index (χ1) is 11.2. The van der Waals surface area contributed by atoms with Gasteiger partial charge in [-0.3, -0.25) is 0 Å². The van der Waals surface area contributed by atoms with Crippen LogP contribution in [-0.2, 0) is 11.2 Å². The maximum atomic E-state index is 10.4. The molecule has 0 radical (unpaired) electrons. The van der Waals surface area contributed by atoms with Crippen LogP contribution in [0.15, 0.2) is 42.5 Å². The standard InChI is InChI=1S/C20H18O3/c1-2-10-9-11-5-3-4-6-12(11)13-7-8-14-16(15(10)13)19-20(23-19)18(22)17(14)21/h3-9,17-22H,2H2,1H3. The van der Waals surface area contributed by atoms with Crippen molar-refractivity contribution in [1.82, 2.24) is 0 Å². The van der Waals surface area contributed by atoms with Crippen molar-refractivity contribution < 1.29 is 14.9 Å². The lowest BCUT2D eigenvalue weighted by Gasteiger charge is -2.25. The van der Waals surface area contributed by atoms with Crippen LogP contribution in [0, 0.1) is 0 Å². The van der Waals surface area contributed by atoms with Gasteiger partial charge < -0.3 is 14.9 Å². The Hall–Kier alpha value is -1.94. The Bertz CT molecular complexity index is 946. The zero-order valence-corrected chi connectivity index (χ0v) is 12.9. The van der Waals surface area contributed by atoms with E-state index in [1.165, 1.54) is 27.1 Å². The SMILES string of the molecule is CCc1cc2ccccc2c2ccc3c(c12)C1OC1C(O)C3O. The minimum absolute atomic E-state index is 0.0847. The zero-order valence-electron chi connectivity index (χ0n) is 12.9. The van der Waals surface area contributed by atoms with E-state index in [0.717, 1.165) is 17.5 Å². The molecule has 4 atom stereocenters. The summed E-state index contributed by atoms with van der Waals surface area (Å²) in [5.74, 6) is 0. The number of aliphatic hydroxyl groups is 2. The summed E-state index contributed by atoms with van der Waals surface area (Å²) < 4.78 is 5.70. The second-order valence-corrected chi connectivity index (χ2v) is 6.56. The van der Waals surface area contributed by atoms with Crippen LogP contribution >= 0.6 is 0 Å². The van der Waals surface area contributed by atoms with E-state index in [-0.39, 0.29) is 12.2 Å². The lowest BCUT2D eigenvalue weighted by atomic mass is 9.81. The molecular weight excluding hydrogens is 288 g/mol. The molecule has 3 nitrogen and oxygen atoms in total. The third kappa shape index (κ3) is 1.70. The lowest BCUT2D eigenvalue weighted by Crippen LogP contribution is -2.29. The van der Waals surface area contributed by atoms with Gasteiger partial charge in [0.05, 0.1) is 0 Å². The predicted octanol–water partition coefficient (Wildman–Crippen LogP) is 3.40. The van der Waals surface area contributed by atoms with Gasteiger partial charge >= 0.3 is 0 Å². The van der Waals surface area contributed by atoms with Crippen LogP contribution in [0.5, 0.6) is 0 Å². The van der Waals surface area contributed by atoms with Crippen LogP contribution in [0.3, 0.4) is 0 Å². The largest absolute Gasteiger partial charge is 0.387 e. The monoisotopic (exact) mass is 306 g/mol. The first-order valence-electron chi connectivity index (χ1n) is 8.19. The van der Waals surface area contributed by atoms with E-state index >= 15 is 0 Å². The van der Waals surface area contributed by atoms with E-state index in [1.54, 1.807) is 0 Å². The molecule has 0 amide bonds. The van der Waals surface area contributed by atoms with Crippen molar-refractivity contribution in [3.63, 3.8) is 0 Å². The van der Waals surface area contributed by atoms with E-state index in [0.29, 0.717) is 0 Å². The quantitative estimate of drug-likeness (QED) is 0.535. The molecule has 0 bridgehead atoms. The predicted molar refractivity (Wildman–Crippen MR) is 89.4 cm³/mol. The van der Waals surface area contributed by atoms with Crippen molar-refractivity contribution in [2.75, 3.05) is 0 Å². The molecule has 0 saturated carbocycles. The summed E-state index contributed by atoms with van der Waals surface area (Å²) in [5.41, 5.74) is 3.16. The summed E-state index contributed by atoms with van der Waals surface area (Å²) in [7, 11) is 0. The van der Waals surface area contributed by atoms with Gasteiger partial charge in [-0.2, -0.15) is 0 Å². The summed E-state index contributed by atoms with van der Waals surface area (Å²) in [6.45, 7) is 2.16. The van der Waals surface area contributed by atoms with Crippen LogP contribution in [0.1, 0.15) is 35.8 Å². The fraction of sp³-hybridized carbons (Fsp3) is 0.300. The van der Waals surface area contributed by atoms with E-state index in [1.807, 2.05) is 6.07 Å². The summed E-state index contributed by atoms with van der Waals surface area (Å²) in [6, 6.07) is 14.7. The van der Waals surface area contributed by atoms with E-state index in [2.05, 4.69) is 43.3 Å². The highest BCUT2D eigenvalue weighted by molar-refractivity contribution is 6.10. The molecule has 116 valence electrons. The van der Waals surface area contributed by atoms with E-state index in [4.69, 9.17) is 4.74 Å². The Morgan fingerprint density at radius 1 is 1.04 bits per heavy atom. The minimum atomic E-state index is -0.866. The maximum Gasteiger partial charge on any atom is 0.118 e. The molecule has 3 aromatic rings. The van der Waals surface area contributed by atoms with E-state index < -0.39 is 12.2 Å². The highest BCUT2D eigenvalue weighted by atomic mass is 16.6. The van der Waals surface area contributed by atoms with Crippen molar-refractivity contribution in [2.24, 2.45) is 0 Å². The van der Waals surface area contributed by atoms with E-state index in [9.17, 15) is 10.2 Å². The van der Waals surface area contributed by atoms with Crippen molar-refractivity contribution in [1.29, 1.82) is 0 Å². The molecule has 0 aromatic heterocycles. The van der Waals surface area contributed by atoms with Crippen LogP contribution in [0.2, 0.25) is 0 Å². The fourth-order valence-corrected chi connectivity index (χ4v) is 4.16. The molecule has 4 unspecified atom stereocenters. The van der Waals surface area contributed by atoms with Gasteiger partial charge in [-0.15, -0.1) is 0 Å². The highest BCUT2D eigenvalue weighted by Gasteiger charge is 2.54. The van der Waals surface area contributed by atoms with Gasteiger partial charge in [0, 0.05) is 0 Å². The highest BCUT2D eigenvalue weighted by Crippen LogP contribution is 2.53. The van der Waals surface area contributed by atoms with Crippen molar-refractivity contribution in [2.45, 2.75) is 37.8 Å². The van der Waals surface area contributed by atoms with Gasteiger partial charge in [-0.25, -0.2) is 0 Å². The molecule has 1 fully saturated rings. The molecule has 1 saturated heterocycles. The summed E-state index contributed by atoms with van der Waals surface area (Å²) in [5, 5.41) is 25.4. The molecular formula is C20H18O3. The number of hydrogen-bond donors (Lipinski definition) is 2. The van der Waals surface area contributed by atoms with Crippen LogP contribution in [0.25, 0.3) is 21.5 Å². The number of aliphatic hydroxyl groups excluding tert-OH is 2. The van der Waals surface area contributed by atoms with Gasteiger partial charge in [0.1, 0.15) is 24.4 Å². The Balaban J connectivity index is 1.94. The lowest BCUT2D eigenvalue weighted by molar-refractivity contribution is 0.000104. The zero-order chi connectivity index (χ0) is 15.7. The molecule has 0 spiro atoms. The Morgan fingerprint density at radius 3 is 2.70 bits per heavy atom. The second-order valence-electron chi connectivity index (χ2n) is 6.56. The summed E-state index contributed by atoms with van der Waals surface area (Å²) in [4.78, 5) is 0. The fourth-order valence-electron chi connectivity index (χ4n) is 4.16. The average molecular weight is 306 g/mol. The second kappa shape index (κ2) is 4.54. The van der Waals surface area contributed by atoms with Gasteiger partial charge in [0.2, 0.25) is 0 Å². The van der Waals surface area contributed by atoms with Crippen LogP contribution in [0.4, 0.5) is 0 Å². The van der Waals surface area contributed by atoms with Crippen molar-refractivity contribution in [3.05, 3.63) is 59.2 Å². The van der Waals surface area contributed by atoms with Gasteiger partial charge in [0.15, 0.2) is 0 Å². The molecule has 23 heavy (non-hydrogen) atoms. The van der Waals surface area contributed by atoms with Gasteiger partial charge in [0.25, 0.3) is 0 Å². The molecule has 2 N–H and O–H groups in total. The molecule has 1 heterocycles. The third-order valence-corrected chi connectivity index (χ3v) is 5.35. The maximum absolute atomic E-state index is 10.4. The normalized spacial score (nSPS) is 28.7. The number of ether oxygens (including phenoxy) is 1. The minimum Gasteiger partial charge on any atom is -0.387 e. The Morgan fingerprint density at radius 2 is 1.87 bits per heavy atom. The number of rotatable bonds is 1. The summed E-state index contributed by atoms with van der Waals surface area (Å²) >= 11 is 0. The number of fused-ring (bicyclic) bond motifs is 7. The van der Waals surface area contributed by atoms with Crippen molar-refractivity contribution >= 4 is 21.5 Å². The number of benzene rings is 3. The molecule has 2 aliphatic rings. The average Bonchev–Trinajstić information content (AvgIpc) is 3.38. The van der Waals surface area contributed by atoms with Crippen LogP contribution < -0.4 is 0 Å². The Kier molecular flexibility index (Phi) is 2.66. The molecule has 1 aliphatic heterocycles. The first kappa shape index (κ1) is 13.5. The molecule has 3 heteroatoms. The number of hydrogen-bond acceptors (Lipinski definition) is 3. The topological polar surface area (TPSA) is 53.0 Å². The molecule has 3 aromatic carbocycles. The smallest absolute Gasteiger partial charge is 0.118 e. The molecule has 1 aliphatic carbocycles. The van der Waals surface area contributed by atoms with Crippen LogP contribution in [-0.4, -0.2) is 22.4 Å². The first-order valence-corrected chi connectivity index (χ1v) is 8.19. The number of epoxide rings is 1.